The fourth-order valence-electron chi connectivity index (χ4n) is 3.20. The molecule has 144 valence electrons. The van der Waals surface area contributed by atoms with Crippen LogP contribution in [0.4, 0.5) is 0 Å². The fraction of sp³-hybridized carbons (Fsp3) is 0.250. The van der Waals surface area contributed by atoms with Crippen molar-refractivity contribution in [3.05, 3.63) is 81.4 Å². The molecule has 1 aliphatic rings. The van der Waals surface area contributed by atoms with Gasteiger partial charge in [0.05, 0.1) is 30.3 Å². The van der Waals surface area contributed by atoms with Crippen molar-refractivity contribution in [3.63, 3.8) is 0 Å². The quantitative estimate of drug-likeness (QED) is 0.284. The number of nitrogens with zero attached hydrogens (tertiary/aromatic N) is 2. The van der Waals surface area contributed by atoms with Crippen LogP contribution >= 0.6 is 0 Å². The van der Waals surface area contributed by atoms with Gasteiger partial charge in [0, 0.05) is 4.92 Å². The zero-order chi connectivity index (χ0) is 20.1. The molecule has 0 spiro atoms. The number of benzene rings is 2. The Morgan fingerprint density at radius 3 is 2.11 bits per heavy atom. The van der Waals surface area contributed by atoms with Crippen LogP contribution in [-0.2, 0) is 16.1 Å². The van der Waals surface area contributed by atoms with E-state index in [1.807, 2.05) is 30.3 Å². The summed E-state index contributed by atoms with van der Waals surface area (Å²) in [4.78, 5) is 48.4. The summed E-state index contributed by atoms with van der Waals surface area (Å²) in [5, 5.41) is 11.2. The molecule has 0 fully saturated rings. The Bertz CT molecular complexity index is 864. The van der Waals surface area contributed by atoms with Gasteiger partial charge in [-0.05, 0) is 17.7 Å². The van der Waals surface area contributed by atoms with Gasteiger partial charge in [-0.2, -0.15) is 0 Å². The first-order chi connectivity index (χ1) is 13.5. The molecule has 2 atom stereocenters. The molecule has 3 rings (SSSR count). The van der Waals surface area contributed by atoms with Gasteiger partial charge >= 0.3 is 0 Å². The van der Waals surface area contributed by atoms with Crippen LogP contribution in [0.15, 0.2) is 54.6 Å². The van der Waals surface area contributed by atoms with E-state index in [0.717, 1.165) is 10.5 Å². The lowest BCUT2D eigenvalue weighted by Crippen LogP contribution is -2.50. The molecular formula is C20H18N2O6. The lowest BCUT2D eigenvalue weighted by Gasteiger charge is -2.27. The summed E-state index contributed by atoms with van der Waals surface area (Å²) in [6.45, 7) is -0.674. The van der Waals surface area contributed by atoms with Crippen LogP contribution in [0.2, 0.25) is 0 Å². The maximum atomic E-state index is 12.7. The monoisotopic (exact) mass is 382 g/mol. The van der Waals surface area contributed by atoms with Crippen LogP contribution in [0.3, 0.4) is 0 Å². The highest BCUT2D eigenvalue weighted by molar-refractivity contribution is 6.21. The van der Waals surface area contributed by atoms with Crippen molar-refractivity contribution >= 4 is 18.1 Å². The lowest BCUT2D eigenvalue weighted by atomic mass is 10.0. The standard InChI is InChI=1S/C20H18N2O6/c23-11-15(13-28-12-14-6-2-1-3-7-14)18(10-21(26)27)22-19(24)16-8-4-5-9-17(16)20(22)25/h1-9,11,15,18H,10,12-13H2/t15-,18+/m0/s1. The first-order valence-electron chi connectivity index (χ1n) is 8.68. The number of aldehydes is 1. The number of imide groups is 1. The lowest BCUT2D eigenvalue weighted by molar-refractivity contribution is -0.486. The third kappa shape index (κ3) is 3.96. The molecule has 0 saturated heterocycles. The van der Waals surface area contributed by atoms with Crippen LogP contribution in [0.5, 0.6) is 0 Å². The second kappa shape index (κ2) is 8.53. The highest BCUT2D eigenvalue weighted by Crippen LogP contribution is 2.27. The molecule has 28 heavy (non-hydrogen) atoms. The number of carbonyl (C=O) groups is 3. The van der Waals surface area contributed by atoms with E-state index in [1.165, 1.54) is 12.1 Å². The average molecular weight is 382 g/mol. The number of hydrogen-bond acceptors (Lipinski definition) is 6. The van der Waals surface area contributed by atoms with Gasteiger partial charge in [-0.15, -0.1) is 0 Å². The maximum absolute atomic E-state index is 12.7. The topological polar surface area (TPSA) is 107 Å². The highest BCUT2D eigenvalue weighted by atomic mass is 16.6. The second-order valence-electron chi connectivity index (χ2n) is 6.41. The van der Waals surface area contributed by atoms with Crippen molar-refractivity contribution in [3.8, 4) is 0 Å². The van der Waals surface area contributed by atoms with E-state index >= 15 is 0 Å². The molecule has 2 amide bonds. The molecule has 0 N–H and O–H groups in total. The zero-order valence-electron chi connectivity index (χ0n) is 14.9. The van der Waals surface area contributed by atoms with Gasteiger partial charge in [-0.3, -0.25) is 24.6 Å². The van der Waals surface area contributed by atoms with Gasteiger partial charge in [0.15, 0.2) is 0 Å². The van der Waals surface area contributed by atoms with Crippen LogP contribution in [-0.4, -0.2) is 47.1 Å². The van der Waals surface area contributed by atoms with E-state index in [9.17, 15) is 24.5 Å². The molecule has 0 saturated carbocycles. The normalized spacial score (nSPS) is 15.2. The van der Waals surface area contributed by atoms with Gasteiger partial charge in [0.25, 0.3) is 11.8 Å². The van der Waals surface area contributed by atoms with Crippen molar-refractivity contribution in [2.24, 2.45) is 5.92 Å². The van der Waals surface area contributed by atoms with Crippen molar-refractivity contribution in [1.29, 1.82) is 0 Å². The summed E-state index contributed by atoms with van der Waals surface area (Å²) in [7, 11) is 0. The molecule has 0 aliphatic carbocycles. The van der Waals surface area contributed by atoms with E-state index in [2.05, 4.69) is 0 Å². The SMILES string of the molecule is O=C[C@@H](COCc1ccccc1)[C@@H](C[N+](=O)[O-])N1C(=O)c2ccccc2C1=O. The van der Waals surface area contributed by atoms with Crippen LogP contribution in [0.25, 0.3) is 0 Å². The maximum Gasteiger partial charge on any atom is 0.262 e. The largest absolute Gasteiger partial charge is 0.376 e. The first kappa shape index (κ1) is 19.4. The summed E-state index contributed by atoms with van der Waals surface area (Å²) in [5.41, 5.74) is 1.23. The molecule has 0 unspecified atom stereocenters. The van der Waals surface area contributed by atoms with Crippen molar-refractivity contribution in [1.82, 2.24) is 4.90 Å². The highest BCUT2D eigenvalue weighted by Gasteiger charge is 2.44. The van der Waals surface area contributed by atoms with Crippen molar-refractivity contribution < 1.29 is 24.0 Å². The third-order valence-electron chi connectivity index (χ3n) is 4.58. The molecule has 0 radical (unpaired) electrons. The summed E-state index contributed by atoms with van der Waals surface area (Å²) in [6.07, 6.45) is 0.503. The predicted octanol–water partition coefficient (Wildman–Crippen LogP) is 1.96. The third-order valence-corrected chi connectivity index (χ3v) is 4.58. The molecule has 1 aliphatic heterocycles. The van der Waals surface area contributed by atoms with Crippen LogP contribution in [0.1, 0.15) is 26.3 Å². The van der Waals surface area contributed by atoms with E-state index in [1.54, 1.807) is 12.1 Å². The van der Waals surface area contributed by atoms with Gasteiger partial charge in [-0.25, -0.2) is 0 Å². The van der Waals surface area contributed by atoms with Crippen molar-refractivity contribution in [2.45, 2.75) is 12.6 Å². The van der Waals surface area contributed by atoms with E-state index in [0.29, 0.717) is 6.29 Å². The number of rotatable bonds is 9. The number of hydrogen-bond donors (Lipinski definition) is 0. The van der Waals surface area contributed by atoms with Crippen LogP contribution in [0, 0.1) is 16.0 Å². The Labute approximate surface area is 160 Å². The zero-order valence-corrected chi connectivity index (χ0v) is 14.9. The molecule has 8 heteroatoms. The first-order valence-corrected chi connectivity index (χ1v) is 8.68. The molecule has 8 nitrogen and oxygen atoms in total. The predicted molar refractivity (Wildman–Crippen MR) is 98.2 cm³/mol. The van der Waals surface area contributed by atoms with Crippen LogP contribution < -0.4 is 0 Å². The summed E-state index contributed by atoms with van der Waals surface area (Å²) >= 11 is 0. The van der Waals surface area contributed by atoms with Gasteiger partial charge in [0.1, 0.15) is 12.3 Å². The number of fused-ring (bicyclic) bond motifs is 1. The van der Waals surface area contributed by atoms with E-state index in [4.69, 9.17) is 4.74 Å². The number of nitro groups is 1. The molecule has 1 heterocycles. The Morgan fingerprint density at radius 2 is 1.57 bits per heavy atom. The smallest absolute Gasteiger partial charge is 0.262 e. The molecule has 2 aromatic rings. The average Bonchev–Trinajstić information content (AvgIpc) is 2.95. The second-order valence-corrected chi connectivity index (χ2v) is 6.41. The summed E-state index contributed by atoms with van der Waals surface area (Å²) in [5.74, 6) is -2.29. The Kier molecular flexibility index (Phi) is 5.90. The summed E-state index contributed by atoms with van der Waals surface area (Å²) < 4.78 is 5.54. The summed E-state index contributed by atoms with van der Waals surface area (Å²) in [6, 6.07) is 14.2. The van der Waals surface area contributed by atoms with Gasteiger partial charge < -0.3 is 9.53 Å². The minimum Gasteiger partial charge on any atom is -0.376 e. The minimum atomic E-state index is -1.23. The number of amides is 2. The van der Waals surface area contributed by atoms with Gasteiger partial charge in [0.2, 0.25) is 6.54 Å². The Balaban J connectivity index is 1.78. The Hall–Kier alpha value is -3.39. The molecular weight excluding hydrogens is 364 g/mol. The van der Waals surface area contributed by atoms with E-state index in [-0.39, 0.29) is 24.3 Å². The minimum absolute atomic E-state index is 0.149. The van der Waals surface area contributed by atoms with Crippen molar-refractivity contribution in [2.75, 3.05) is 13.2 Å². The molecule has 2 aromatic carbocycles. The van der Waals surface area contributed by atoms with E-state index < -0.39 is 35.2 Å². The molecule has 0 aromatic heterocycles. The Morgan fingerprint density at radius 1 is 1.00 bits per heavy atom. The fourth-order valence-corrected chi connectivity index (χ4v) is 3.20. The number of ether oxygens (including phenoxy) is 1. The van der Waals surface area contributed by atoms with Gasteiger partial charge in [-0.1, -0.05) is 42.5 Å². The number of carbonyl (C=O) groups excluding carboxylic acids is 3. The molecule has 0 bridgehead atoms.